The summed E-state index contributed by atoms with van der Waals surface area (Å²) in [5.41, 5.74) is 0. The Morgan fingerprint density at radius 1 is 1.32 bits per heavy atom. The molecule has 1 heterocycles. The first-order valence-electron chi connectivity index (χ1n) is 6.65. The zero-order chi connectivity index (χ0) is 14.2. The van der Waals surface area contributed by atoms with E-state index in [0.717, 1.165) is 0 Å². The van der Waals surface area contributed by atoms with Crippen LogP contribution in [0, 0.1) is 5.92 Å². The van der Waals surface area contributed by atoms with E-state index in [2.05, 4.69) is 0 Å². The van der Waals surface area contributed by atoms with Crippen molar-refractivity contribution in [3.05, 3.63) is 0 Å². The van der Waals surface area contributed by atoms with Crippen molar-refractivity contribution in [1.82, 2.24) is 9.80 Å². The third-order valence-electron chi connectivity index (χ3n) is 4.12. The molecule has 1 aliphatic carbocycles. The minimum absolute atomic E-state index is 0.0213. The smallest absolute Gasteiger partial charge is 0.393 e. The fourth-order valence-corrected chi connectivity index (χ4v) is 3.05. The molecule has 2 aliphatic rings. The van der Waals surface area contributed by atoms with Gasteiger partial charge in [-0.05, 0) is 26.2 Å². The molecule has 2 fully saturated rings. The highest BCUT2D eigenvalue weighted by atomic mass is 19.4. The maximum atomic E-state index is 13.0. The van der Waals surface area contributed by atoms with E-state index >= 15 is 0 Å². The van der Waals surface area contributed by atoms with Crippen molar-refractivity contribution in [2.24, 2.45) is 5.92 Å². The molecular formula is C12H19F3N2O2. The zero-order valence-electron chi connectivity index (χ0n) is 10.9. The molecular weight excluding hydrogens is 261 g/mol. The number of rotatable bonds is 2. The Labute approximate surface area is 110 Å². The first-order valence-corrected chi connectivity index (χ1v) is 6.65. The number of alkyl halides is 3. The van der Waals surface area contributed by atoms with Crippen molar-refractivity contribution < 1.29 is 23.1 Å². The molecule has 110 valence electrons. The maximum Gasteiger partial charge on any atom is 0.393 e. The molecule has 2 rings (SSSR count). The number of carbonyl (C=O) groups excluding carboxylic acids is 1. The molecule has 1 aliphatic heterocycles. The van der Waals surface area contributed by atoms with Gasteiger partial charge in [0, 0.05) is 25.7 Å². The van der Waals surface area contributed by atoms with Crippen molar-refractivity contribution in [2.75, 3.05) is 19.6 Å². The SMILES string of the molecule is CCN1CCN(C2CC(O)CCC2C(F)(F)F)C1=O. The van der Waals surface area contributed by atoms with Gasteiger partial charge in [-0.1, -0.05) is 0 Å². The average Bonchev–Trinajstić information content (AvgIpc) is 2.68. The Balaban J connectivity index is 2.17. The number of carbonyl (C=O) groups is 1. The van der Waals surface area contributed by atoms with Crippen LogP contribution in [0.3, 0.4) is 0 Å². The summed E-state index contributed by atoms with van der Waals surface area (Å²) < 4.78 is 39.1. The van der Waals surface area contributed by atoms with Crippen LogP contribution in [0.2, 0.25) is 0 Å². The molecule has 2 amide bonds. The van der Waals surface area contributed by atoms with Crippen LogP contribution in [0.1, 0.15) is 26.2 Å². The highest BCUT2D eigenvalue weighted by Gasteiger charge is 2.51. The molecule has 0 aromatic heterocycles. The van der Waals surface area contributed by atoms with Gasteiger partial charge in [0.25, 0.3) is 0 Å². The van der Waals surface area contributed by atoms with E-state index in [0.29, 0.717) is 19.6 Å². The molecule has 0 aromatic carbocycles. The molecule has 4 nitrogen and oxygen atoms in total. The minimum Gasteiger partial charge on any atom is -0.393 e. The first kappa shape index (κ1) is 14.4. The third-order valence-corrected chi connectivity index (χ3v) is 4.12. The summed E-state index contributed by atoms with van der Waals surface area (Å²) in [6, 6.07) is -1.26. The van der Waals surface area contributed by atoms with Gasteiger partial charge < -0.3 is 14.9 Å². The van der Waals surface area contributed by atoms with Crippen molar-refractivity contribution in [1.29, 1.82) is 0 Å². The maximum absolute atomic E-state index is 13.0. The number of hydrogen-bond acceptors (Lipinski definition) is 2. The molecule has 0 spiro atoms. The molecule has 1 saturated carbocycles. The first-order chi connectivity index (χ1) is 8.84. The van der Waals surface area contributed by atoms with E-state index in [1.54, 1.807) is 6.92 Å². The third kappa shape index (κ3) is 2.80. The largest absolute Gasteiger partial charge is 0.393 e. The van der Waals surface area contributed by atoms with Crippen LogP contribution in [-0.2, 0) is 0 Å². The lowest BCUT2D eigenvalue weighted by Gasteiger charge is -2.40. The van der Waals surface area contributed by atoms with Gasteiger partial charge in [-0.15, -0.1) is 0 Å². The quantitative estimate of drug-likeness (QED) is 0.838. The molecule has 19 heavy (non-hydrogen) atoms. The molecule has 1 N–H and O–H groups in total. The normalized spacial score (nSPS) is 33.1. The van der Waals surface area contributed by atoms with Gasteiger partial charge in [-0.2, -0.15) is 13.2 Å². The van der Waals surface area contributed by atoms with Crippen molar-refractivity contribution >= 4 is 6.03 Å². The van der Waals surface area contributed by atoms with Gasteiger partial charge in [-0.3, -0.25) is 0 Å². The van der Waals surface area contributed by atoms with Crippen LogP contribution in [0.15, 0.2) is 0 Å². The lowest BCUT2D eigenvalue weighted by Crippen LogP contribution is -2.51. The number of nitrogens with zero attached hydrogens (tertiary/aromatic N) is 2. The summed E-state index contributed by atoms with van der Waals surface area (Å²) in [5, 5.41) is 9.61. The number of aliphatic hydroxyl groups excluding tert-OH is 1. The number of aliphatic hydroxyl groups is 1. The second-order valence-electron chi connectivity index (χ2n) is 5.24. The van der Waals surface area contributed by atoms with Crippen LogP contribution in [0.4, 0.5) is 18.0 Å². The second-order valence-corrected chi connectivity index (χ2v) is 5.24. The van der Waals surface area contributed by atoms with Crippen LogP contribution in [0.5, 0.6) is 0 Å². The van der Waals surface area contributed by atoms with Gasteiger partial charge >= 0.3 is 12.2 Å². The lowest BCUT2D eigenvalue weighted by atomic mass is 9.81. The van der Waals surface area contributed by atoms with Crippen LogP contribution < -0.4 is 0 Å². The molecule has 0 bridgehead atoms. The van der Waals surface area contributed by atoms with Crippen LogP contribution in [0.25, 0.3) is 0 Å². The minimum atomic E-state index is -4.31. The summed E-state index contributed by atoms with van der Waals surface area (Å²) in [6.07, 6.45) is -4.99. The predicted molar refractivity (Wildman–Crippen MR) is 62.5 cm³/mol. The van der Waals surface area contributed by atoms with E-state index in [4.69, 9.17) is 0 Å². The van der Waals surface area contributed by atoms with E-state index in [1.807, 2.05) is 0 Å². The molecule has 0 radical (unpaired) electrons. The summed E-state index contributed by atoms with van der Waals surface area (Å²) in [4.78, 5) is 14.8. The Bertz CT molecular complexity index is 348. The molecule has 0 aromatic rings. The summed E-state index contributed by atoms with van der Waals surface area (Å²) in [6.45, 7) is 3.09. The Kier molecular flexibility index (Phi) is 3.94. The summed E-state index contributed by atoms with van der Waals surface area (Å²) in [7, 11) is 0. The van der Waals surface area contributed by atoms with Crippen molar-refractivity contribution in [3.8, 4) is 0 Å². The van der Waals surface area contributed by atoms with E-state index in [9.17, 15) is 23.1 Å². The number of urea groups is 1. The fraction of sp³-hybridized carbons (Fsp3) is 0.917. The number of amides is 2. The van der Waals surface area contributed by atoms with E-state index in [-0.39, 0.29) is 25.3 Å². The van der Waals surface area contributed by atoms with Gasteiger partial charge in [-0.25, -0.2) is 4.79 Å². The number of halogens is 3. The van der Waals surface area contributed by atoms with Gasteiger partial charge in [0.2, 0.25) is 0 Å². The zero-order valence-corrected chi connectivity index (χ0v) is 10.9. The Morgan fingerprint density at radius 2 is 2.00 bits per heavy atom. The summed E-state index contributed by atoms with van der Waals surface area (Å²) >= 11 is 0. The fourth-order valence-electron chi connectivity index (χ4n) is 3.05. The Hall–Kier alpha value is -0.980. The van der Waals surface area contributed by atoms with Crippen LogP contribution in [-0.4, -0.2) is 58.9 Å². The lowest BCUT2D eigenvalue weighted by molar-refractivity contribution is -0.200. The average molecular weight is 280 g/mol. The highest BCUT2D eigenvalue weighted by Crippen LogP contribution is 2.41. The number of likely N-dealkylation sites (N-methyl/N-ethyl adjacent to an activating group) is 1. The van der Waals surface area contributed by atoms with Crippen molar-refractivity contribution in [3.63, 3.8) is 0 Å². The van der Waals surface area contributed by atoms with Crippen LogP contribution >= 0.6 is 0 Å². The Morgan fingerprint density at radius 3 is 2.53 bits per heavy atom. The highest BCUT2D eigenvalue weighted by molar-refractivity contribution is 5.76. The molecule has 7 heteroatoms. The van der Waals surface area contributed by atoms with Gasteiger partial charge in [0.1, 0.15) is 0 Å². The molecule has 3 unspecified atom stereocenters. The predicted octanol–water partition coefficient (Wildman–Crippen LogP) is 1.84. The molecule has 3 atom stereocenters. The number of hydrogen-bond donors (Lipinski definition) is 1. The van der Waals surface area contributed by atoms with E-state index in [1.165, 1.54) is 9.80 Å². The standard InChI is InChI=1S/C12H19F3N2O2/c1-2-16-5-6-17(11(16)19)10-7-8(18)3-4-9(10)12(13,14)15/h8-10,18H,2-7H2,1H3. The molecule has 1 saturated heterocycles. The topological polar surface area (TPSA) is 43.8 Å². The second kappa shape index (κ2) is 5.19. The van der Waals surface area contributed by atoms with E-state index < -0.39 is 24.2 Å². The van der Waals surface area contributed by atoms with Gasteiger partial charge in [0.05, 0.1) is 12.0 Å². The summed E-state index contributed by atoms with van der Waals surface area (Å²) in [5.74, 6) is -1.52. The van der Waals surface area contributed by atoms with Gasteiger partial charge in [0.15, 0.2) is 0 Å². The monoisotopic (exact) mass is 280 g/mol. The van der Waals surface area contributed by atoms with Crippen molar-refractivity contribution in [2.45, 2.75) is 44.5 Å².